The van der Waals surface area contributed by atoms with Crippen molar-refractivity contribution in [3.63, 3.8) is 0 Å². The van der Waals surface area contributed by atoms with Gasteiger partial charge in [-0.05, 0) is 43.3 Å². The number of para-hydroxylation sites is 1. The molecule has 7 nitrogen and oxygen atoms in total. The first-order valence-corrected chi connectivity index (χ1v) is 10.5. The Morgan fingerprint density at radius 2 is 1.66 bits per heavy atom. The average Bonchev–Trinajstić information content (AvgIpc) is 2.70. The molecule has 2 rings (SSSR count). The van der Waals surface area contributed by atoms with Gasteiger partial charge in [0.15, 0.2) is 6.10 Å². The van der Waals surface area contributed by atoms with Crippen molar-refractivity contribution in [3.8, 4) is 0 Å². The molecule has 156 valence electrons. The number of sulfonamides is 1. The fourth-order valence-electron chi connectivity index (χ4n) is 2.55. The molecule has 29 heavy (non-hydrogen) atoms. The van der Waals surface area contributed by atoms with E-state index in [0.29, 0.717) is 13.1 Å². The lowest BCUT2D eigenvalue weighted by molar-refractivity contribution is -0.123. The number of carbonyl (C=O) groups is 2. The molecule has 1 atom stereocenters. The van der Waals surface area contributed by atoms with Crippen LogP contribution in [0.2, 0.25) is 0 Å². The summed E-state index contributed by atoms with van der Waals surface area (Å²) < 4.78 is 44.9. The van der Waals surface area contributed by atoms with E-state index in [4.69, 9.17) is 4.74 Å². The van der Waals surface area contributed by atoms with Gasteiger partial charge in [-0.15, -0.1) is 0 Å². The van der Waals surface area contributed by atoms with Gasteiger partial charge < -0.3 is 10.1 Å². The zero-order chi connectivity index (χ0) is 21.6. The minimum atomic E-state index is -3.64. The number of halogens is 1. The van der Waals surface area contributed by atoms with E-state index in [0.717, 1.165) is 0 Å². The van der Waals surface area contributed by atoms with Crippen molar-refractivity contribution in [3.05, 3.63) is 59.9 Å². The maximum absolute atomic E-state index is 13.6. The fourth-order valence-corrected chi connectivity index (χ4v) is 4.01. The van der Waals surface area contributed by atoms with E-state index in [1.54, 1.807) is 19.9 Å². The van der Waals surface area contributed by atoms with Crippen molar-refractivity contribution in [1.29, 1.82) is 0 Å². The van der Waals surface area contributed by atoms with Crippen LogP contribution in [0, 0.1) is 5.82 Å². The zero-order valence-corrected chi connectivity index (χ0v) is 17.2. The van der Waals surface area contributed by atoms with E-state index in [1.807, 2.05) is 0 Å². The van der Waals surface area contributed by atoms with Crippen LogP contribution < -0.4 is 5.32 Å². The van der Waals surface area contributed by atoms with Crippen molar-refractivity contribution in [2.24, 2.45) is 0 Å². The van der Waals surface area contributed by atoms with Crippen LogP contribution in [-0.2, 0) is 19.6 Å². The lowest BCUT2D eigenvalue weighted by Crippen LogP contribution is -2.31. The normalized spacial score (nSPS) is 12.4. The first-order valence-electron chi connectivity index (χ1n) is 9.07. The molecule has 0 aliphatic carbocycles. The molecule has 0 heterocycles. The van der Waals surface area contributed by atoms with Crippen LogP contribution in [0.25, 0.3) is 0 Å². The van der Waals surface area contributed by atoms with Crippen LogP contribution in [0.15, 0.2) is 53.4 Å². The van der Waals surface area contributed by atoms with Gasteiger partial charge in [0.1, 0.15) is 5.82 Å². The molecule has 2 aromatic rings. The molecule has 2 aromatic carbocycles. The molecule has 0 aromatic heterocycles. The first kappa shape index (κ1) is 22.5. The van der Waals surface area contributed by atoms with Crippen LogP contribution in [0.3, 0.4) is 0 Å². The predicted molar refractivity (Wildman–Crippen MR) is 106 cm³/mol. The summed E-state index contributed by atoms with van der Waals surface area (Å²) in [6.07, 6.45) is -1.18. The summed E-state index contributed by atoms with van der Waals surface area (Å²) >= 11 is 0. The third-order valence-corrected chi connectivity index (χ3v) is 6.28. The summed E-state index contributed by atoms with van der Waals surface area (Å²) in [5, 5.41) is 2.35. The molecule has 0 saturated carbocycles. The minimum Gasteiger partial charge on any atom is -0.449 e. The van der Waals surface area contributed by atoms with Crippen molar-refractivity contribution in [2.45, 2.75) is 31.8 Å². The van der Waals surface area contributed by atoms with Crippen molar-refractivity contribution in [1.82, 2.24) is 4.31 Å². The molecule has 0 fully saturated rings. The molecule has 0 spiro atoms. The summed E-state index contributed by atoms with van der Waals surface area (Å²) in [5.74, 6) is -2.10. The summed E-state index contributed by atoms with van der Waals surface area (Å²) in [7, 11) is -3.64. The lowest BCUT2D eigenvalue weighted by Gasteiger charge is -2.18. The maximum atomic E-state index is 13.6. The molecule has 1 N–H and O–H groups in total. The molecule has 0 aliphatic rings. The quantitative estimate of drug-likeness (QED) is 0.660. The van der Waals surface area contributed by atoms with Gasteiger partial charge in [-0.25, -0.2) is 17.6 Å². The Kier molecular flexibility index (Phi) is 7.46. The third kappa shape index (κ3) is 5.39. The molecular weight excluding hydrogens is 399 g/mol. The molecule has 0 bridgehead atoms. The number of hydrogen-bond acceptors (Lipinski definition) is 5. The first-order chi connectivity index (χ1) is 13.7. The fraction of sp³-hybridized carbons (Fsp3) is 0.300. The number of rotatable bonds is 8. The Hall–Kier alpha value is -2.78. The average molecular weight is 422 g/mol. The largest absolute Gasteiger partial charge is 0.449 e. The molecular formula is C20H23FN2O5S. The van der Waals surface area contributed by atoms with Crippen LogP contribution >= 0.6 is 0 Å². The van der Waals surface area contributed by atoms with E-state index in [9.17, 15) is 22.4 Å². The van der Waals surface area contributed by atoms with E-state index < -0.39 is 33.8 Å². The number of amides is 1. The van der Waals surface area contributed by atoms with Crippen molar-refractivity contribution < 1.29 is 27.1 Å². The van der Waals surface area contributed by atoms with Crippen LogP contribution in [0.5, 0.6) is 0 Å². The summed E-state index contributed by atoms with van der Waals surface area (Å²) in [6, 6.07) is 10.9. The Balaban J connectivity index is 2.05. The highest BCUT2D eigenvalue weighted by Crippen LogP contribution is 2.17. The van der Waals surface area contributed by atoms with Crippen LogP contribution in [0.1, 0.15) is 31.1 Å². The van der Waals surface area contributed by atoms with Gasteiger partial charge in [-0.1, -0.05) is 26.0 Å². The Morgan fingerprint density at radius 3 is 2.21 bits per heavy atom. The van der Waals surface area contributed by atoms with Gasteiger partial charge in [-0.2, -0.15) is 4.31 Å². The number of nitrogens with zero attached hydrogens (tertiary/aromatic N) is 1. The molecule has 9 heteroatoms. The van der Waals surface area contributed by atoms with E-state index in [-0.39, 0.29) is 16.1 Å². The Morgan fingerprint density at radius 1 is 1.07 bits per heavy atom. The van der Waals surface area contributed by atoms with Gasteiger partial charge in [0.2, 0.25) is 10.0 Å². The summed E-state index contributed by atoms with van der Waals surface area (Å²) in [5.41, 5.74) is 0.0698. The predicted octanol–water partition coefficient (Wildman–Crippen LogP) is 3.04. The number of benzene rings is 2. The smallest absolute Gasteiger partial charge is 0.338 e. The third-order valence-electron chi connectivity index (χ3n) is 4.22. The van der Waals surface area contributed by atoms with Gasteiger partial charge in [-0.3, -0.25) is 4.79 Å². The number of carbonyl (C=O) groups excluding carboxylic acids is 2. The number of ether oxygens (including phenoxy) is 1. The number of hydrogen-bond donors (Lipinski definition) is 1. The second-order valence-corrected chi connectivity index (χ2v) is 8.07. The molecule has 0 unspecified atom stereocenters. The van der Waals surface area contributed by atoms with Crippen molar-refractivity contribution >= 4 is 27.6 Å². The maximum Gasteiger partial charge on any atom is 0.338 e. The second kappa shape index (κ2) is 9.62. The monoisotopic (exact) mass is 422 g/mol. The van der Waals surface area contributed by atoms with Gasteiger partial charge in [0.25, 0.3) is 5.91 Å². The summed E-state index contributed by atoms with van der Waals surface area (Å²) in [6.45, 7) is 5.49. The molecule has 1 amide bonds. The minimum absolute atomic E-state index is 0.0219. The lowest BCUT2D eigenvalue weighted by atomic mass is 10.2. The van der Waals surface area contributed by atoms with Crippen molar-refractivity contribution in [2.75, 3.05) is 18.4 Å². The summed E-state index contributed by atoms with van der Waals surface area (Å²) in [4.78, 5) is 24.4. The van der Waals surface area contributed by atoms with Crippen LogP contribution in [0.4, 0.5) is 10.1 Å². The molecule has 0 radical (unpaired) electrons. The SMILES string of the molecule is CCN(CC)S(=O)(=O)c1ccc(C(=O)O[C@@H](C)C(=O)Nc2ccccc2F)cc1. The molecule has 0 aliphatic heterocycles. The highest BCUT2D eigenvalue weighted by Gasteiger charge is 2.23. The van der Waals surface area contributed by atoms with Gasteiger partial charge in [0, 0.05) is 13.1 Å². The topological polar surface area (TPSA) is 92.8 Å². The zero-order valence-electron chi connectivity index (χ0n) is 16.4. The Labute approximate surface area is 169 Å². The second-order valence-electron chi connectivity index (χ2n) is 6.13. The van der Waals surface area contributed by atoms with Gasteiger partial charge >= 0.3 is 5.97 Å². The highest BCUT2D eigenvalue weighted by atomic mass is 32.2. The number of nitrogens with one attached hydrogen (secondary N) is 1. The van der Waals surface area contributed by atoms with Crippen LogP contribution in [-0.4, -0.2) is 43.8 Å². The standard InChI is InChI=1S/C20H23FN2O5S/c1-4-23(5-2)29(26,27)16-12-10-15(11-13-16)20(25)28-14(3)19(24)22-18-9-7-6-8-17(18)21/h6-14H,4-5H2,1-3H3,(H,22,24)/t14-/m0/s1. The molecule has 0 saturated heterocycles. The van der Waals surface area contributed by atoms with E-state index in [1.165, 1.54) is 53.7 Å². The Bertz CT molecular complexity index is 973. The van der Waals surface area contributed by atoms with Gasteiger partial charge in [0.05, 0.1) is 16.1 Å². The number of esters is 1. The highest BCUT2D eigenvalue weighted by molar-refractivity contribution is 7.89. The van der Waals surface area contributed by atoms with E-state index in [2.05, 4.69) is 5.32 Å². The van der Waals surface area contributed by atoms with E-state index >= 15 is 0 Å². The number of anilines is 1.